The molecule has 1 aliphatic heterocycles. The maximum absolute atomic E-state index is 13.6. The van der Waals surface area contributed by atoms with E-state index in [1.54, 1.807) is 51.3 Å². The summed E-state index contributed by atoms with van der Waals surface area (Å²) in [5.41, 5.74) is 1.77. The fourth-order valence-corrected chi connectivity index (χ4v) is 4.69. The van der Waals surface area contributed by atoms with E-state index in [0.717, 1.165) is 5.56 Å². The Kier molecular flexibility index (Phi) is 6.05. The lowest BCUT2D eigenvalue weighted by molar-refractivity contribution is -0.139. The van der Waals surface area contributed by atoms with Crippen molar-refractivity contribution in [3.05, 3.63) is 96.4 Å². The Labute approximate surface area is 187 Å². The highest BCUT2D eigenvalue weighted by molar-refractivity contribution is 7.07. The second-order valence-corrected chi connectivity index (χ2v) is 8.14. The second kappa shape index (κ2) is 8.92. The SMILES string of the molecule is CCOC(=O)C1=C(C)N=c2s/c(=C\c3cccc(F)c3)c(=O)n2[C@@H]1c1ccc(OC)cc1. The number of benzene rings is 2. The van der Waals surface area contributed by atoms with E-state index in [1.165, 1.54) is 28.0 Å². The Balaban J connectivity index is 1.94. The van der Waals surface area contributed by atoms with Crippen LogP contribution >= 0.6 is 11.3 Å². The molecule has 1 aromatic heterocycles. The fourth-order valence-electron chi connectivity index (χ4n) is 3.64. The predicted octanol–water partition coefficient (Wildman–Crippen LogP) is 2.95. The summed E-state index contributed by atoms with van der Waals surface area (Å²) in [4.78, 5) is 31.3. The van der Waals surface area contributed by atoms with Crippen LogP contribution in [-0.2, 0) is 9.53 Å². The number of carbonyl (C=O) groups excluding carboxylic acids is 1. The molecule has 0 unspecified atom stereocenters. The van der Waals surface area contributed by atoms with E-state index in [1.807, 2.05) is 12.1 Å². The van der Waals surface area contributed by atoms with Gasteiger partial charge < -0.3 is 9.47 Å². The van der Waals surface area contributed by atoms with E-state index in [9.17, 15) is 14.0 Å². The molecule has 8 heteroatoms. The molecule has 0 amide bonds. The number of rotatable bonds is 5. The third-order valence-electron chi connectivity index (χ3n) is 5.10. The Morgan fingerprint density at radius 2 is 2.00 bits per heavy atom. The van der Waals surface area contributed by atoms with Crippen molar-refractivity contribution >= 4 is 23.4 Å². The highest BCUT2D eigenvalue weighted by Crippen LogP contribution is 2.31. The molecule has 2 aromatic carbocycles. The summed E-state index contributed by atoms with van der Waals surface area (Å²) < 4.78 is 26.0. The zero-order valence-corrected chi connectivity index (χ0v) is 18.6. The van der Waals surface area contributed by atoms with Crippen molar-refractivity contribution in [3.63, 3.8) is 0 Å². The zero-order valence-electron chi connectivity index (χ0n) is 17.8. The molecule has 0 bridgehead atoms. The lowest BCUT2D eigenvalue weighted by atomic mass is 9.96. The smallest absolute Gasteiger partial charge is 0.338 e. The molecule has 32 heavy (non-hydrogen) atoms. The highest BCUT2D eigenvalue weighted by Gasteiger charge is 2.33. The van der Waals surface area contributed by atoms with Crippen LogP contribution in [0.25, 0.3) is 6.08 Å². The van der Waals surface area contributed by atoms with Gasteiger partial charge in [0.25, 0.3) is 5.56 Å². The molecule has 0 fully saturated rings. The van der Waals surface area contributed by atoms with Crippen LogP contribution in [0.3, 0.4) is 0 Å². The number of thiazole rings is 1. The van der Waals surface area contributed by atoms with Gasteiger partial charge >= 0.3 is 5.97 Å². The summed E-state index contributed by atoms with van der Waals surface area (Å²) in [6, 6.07) is 12.5. The molecule has 3 aromatic rings. The summed E-state index contributed by atoms with van der Waals surface area (Å²) in [6.45, 7) is 3.66. The number of allylic oxidation sites excluding steroid dienone is 1. The van der Waals surface area contributed by atoms with Crippen molar-refractivity contribution in [2.45, 2.75) is 19.9 Å². The van der Waals surface area contributed by atoms with Crippen LogP contribution in [0.1, 0.15) is 31.0 Å². The molecular formula is C24H21FN2O4S. The summed E-state index contributed by atoms with van der Waals surface area (Å²) in [5.74, 6) is -0.247. The number of carbonyl (C=O) groups is 1. The number of hydrogen-bond donors (Lipinski definition) is 0. The third kappa shape index (κ3) is 4.01. The van der Waals surface area contributed by atoms with Crippen LogP contribution < -0.4 is 19.6 Å². The van der Waals surface area contributed by atoms with Gasteiger partial charge in [-0.3, -0.25) is 9.36 Å². The molecular weight excluding hydrogens is 431 g/mol. The van der Waals surface area contributed by atoms with Crippen LogP contribution in [0.5, 0.6) is 5.75 Å². The largest absolute Gasteiger partial charge is 0.497 e. The van der Waals surface area contributed by atoms with Gasteiger partial charge in [-0.25, -0.2) is 14.2 Å². The van der Waals surface area contributed by atoms with E-state index < -0.39 is 12.0 Å². The van der Waals surface area contributed by atoms with E-state index >= 15 is 0 Å². The number of fused-ring (bicyclic) bond motifs is 1. The van der Waals surface area contributed by atoms with Gasteiger partial charge in [0.2, 0.25) is 0 Å². The van der Waals surface area contributed by atoms with Gasteiger partial charge in [-0.05, 0) is 55.3 Å². The second-order valence-electron chi connectivity index (χ2n) is 7.13. The van der Waals surface area contributed by atoms with Crippen molar-refractivity contribution in [2.24, 2.45) is 4.99 Å². The summed E-state index contributed by atoms with van der Waals surface area (Å²) in [6.07, 6.45) is 1.63. The van der Waals surface area contributed by atoms with Gasteiger partial charge in [-0.15, -0.1) is 0 Å². The molecule has 164 valence electrons. The number of hydrogen-bond acceptors (Lipinski definition) is 6. The van der Waals surface area contributed by atoms with Gasteiger partial charge in [0, 0.05) is 0 Å². The predicted molar refractivity (Wildman–Crippen MR) is 120 cm³/mol. The monoisotopic (exact) mass is 452 g/mol. The maximum atomic E-state index is 13.6. The lowest BCUT2D eigenvalue weighted by Gasteiger charge is -2.24. The van der Waals surface area contributed by atoms with Crippen LogP contribution in [0.2, 0.25) is 0 Å². The Morgan fingerprint density at radius 3 is 2.66 bits per heavy atom. The van der Waals surface area contributed by atoms with Crippen molar-refractivity contribution in [1.82, 2.24) is 4.57 Å². The van der Waals surface area contributed by atoms with Gasteiger partial charge in [0.05, 0.1) is 35.6 Å². The number of halogens is 1. The highest BCUT2D eigenvalue weighted by atomic mass is 32.1. The van der Waals surface area contributed by atoms with E-state index in [0.29, 0.717) is 31.9 Å². The molecule has 1 atom stereocenters. The minimum Gasteiger partial charge on any atom is -0.497 e. The van der Waals surface area contributed by atoms with Crippen molar-refractivity contribution in [1.29, 1.82) is 0 Å². The van der Waals surface area contributed by atoms with Crippen LogP contribution in [-0.4, -0.2) is 24.3 Å². The molecule has 0 radical (unpaired) electrons. The summed E-state index contributed by atoms with van der Waals surface area (Å²) >= 11 is 1.19. The van der Waals surface area contributed by atoms with Gasteiger partial charge in [0.15, 0.2) is 4.80 Å². The van der Waals surface area contributed by atoms with Gasteiger partial charge in [-0.2, -0.15) is 0 Å². The van der Waals surface area contributed by atoms with Crippen molar-refractivity contribution in [3.8, 4) is 5.75 Å². The Morgan fingerprint density at radius 1 is 1.25 bits per heavy atom. The minimum absolute atomic E-state index is 0.203. The zero-order chi connectivity index (χ0) is 22.8. The molecule has 2 heterocycles. The molecule has 0 aliphatic carbocycles. The van der Waals surface area contributed by atoms with Gasteiger partial charge in [0.1, 0.15) is 11.6 Å². The first-order valence-electron chi connectivity index (χ1n) is 10.0. The van der Waals surface area contributed by atoms with Crippen molar-refractivity contribution < 1.29 is 18.7 Å². The van der Waals surface area contributed by atoms with E-state index in [2.05, 4.69) is 4.99 Å². The standard InChI is InChI=1S/C24H21FN2O4S/c1-4-31-23(29)20-14(2)26-24-27(21(20)16-8-10-18(30-3)11-9-16)22(28)19(32-24)13-15-6-5-7-17(25)12-15/h5-13,21H,4H2,1-3H3/b19-13-/t21-/m1/s1. The minimum atomic E-state index is -0.703. The molecule has 0 N–H and O–H groups in total. The number of methoxy groups -OCH3 is 1. The average Bonchev–Trinajstić information content (AvgIpc) is 3.07. The first kappa shape index (κ1) is 21.7. The van der Waals surface area contributed by atoms with E-state index in [4.69, 9.17) is 9.47 Å². The first-order valence-corrected chi connectivity index (χ1v) is 10.8. The molecule has 4 rings (SSSR count). The Hall–Kier alpha value is -3.52. The van der Waals surface area contributed by atoms with Gasteiger partial charge in [-0.1, -0.05) is 35.6 Å². The quantitative estimate of drug-likeness (QED) is 0.558. The van der Waals surface area contributed by atoms with Crippen LogP contribution in [0.15, 0.2) is 69.6 Å². The average molecular weight is 453 g/mol. The topological polar surface area (TPSA) is 69.9 Å². The summed E-state index contributed by atoms with van der Waals surface area (Å²) in [7, 11) is 1.57. The van der Waals surface area contributed by atoms with E-state index in [-0.39, 0.29) is 18.0 Å². The number of ether oxygens (including phenoxy) is 2. The Bertz CT molecular complexity index is 1390. The maximum Gasteiger partial charge on any atom is 0.338 e. The van der Waals surface area contributed by atoms with Crippen LogP contribution in [0, 0.1) is 5.82 Å². The normalized spacial score (nSPS) is 15.9. The number of nitrogens with zero attached hydrogens (tertiary/aromatic N) is 2. The number of aromatic nitrogens is 1. The fraction of sp³-hybridized carbons (Fsp3) is 0.208. The lowest BCUT2D eigenvalue weighted by Crippen LogP contribution is -2.39. The van der Waals surface area contributed by atoms with Crippen molar-refractivity contribution in [2.75, 3.05) is 13.7 Å². The molecule has 6 nitrogen and oxygen atoms in total. The number of esters is 1. The molecule has 0 spiro atoms. The summed E-state index contributed by atoms with van der Waals surface area (Å²) in [5, 5.41) is 0. The third-order valence-corrected chi connectivity index (χ3v) is 6.08. The first-order chi connectivity index (χ1) is 15.4. The molecule has 0 saturated carbocycles. The van der Waals surface area contributed by atoms with Crippen LogP contribution in [0.4, 0.5) is 4.39 Å². The molecule has 0 saturated heterocycles. The molecule has 1 aliphatic rings.